The second-order valence-electron chi connectivity index (χ2n) is 8.09. The van der Waals surface area contributed by atoms with E-state index in [0.717, 1.165) is 31.7 Å². The molecule has 2 aromatic heterocycles. The summed E-state index contributed by atoms with van der Waals surface area (Å²) in [6, 6.07) is 0. The van der Waals surface area contributed by atoms with E-state index in [-0.39, 0.29) is 6.61 Å². The maximum atomic E-state index is 11.9. The standard InChI is InChI=1S/C21H27N5O7/c1-12(27)31-15-9-30-21(18(33-14(3)29)17(15)32-13(2)28)26-11-24-16-19(22-10-23-20(16)26)25-7-5-4-6-8-25/h10-11,15,17-18,21H,4-9H2,1-3H3/t15-,17-,18-,21+/m1/s1. The SMILES string of the molecule is CC(=O)O[C@@H]1[C@H](OC(C)=O)[C@H](OC(C)=O)CO[C@@H]1n1cnc2c(N3CCCCC3)ncnc21. The Kier molecular flexibility index (Phi) is 6.72. The molecule has 33 heavy (non-hydrogen) atoms. The highest BCUT2D eigenvalue weighted by molar-refractivity contribution is 5.83. The van der Waals surface area contributed by atoms with Gasteiger partial charge in [-0.2, -0.15) is 0 Å². The smallest absolute Gasteiger partial charge is 0.303 e. The van der Waals surface area contributed by atoms with Crippen molar-refractivity contribution in [1.82, 2.24) is 19.5 Å². The zero-order chi connectivity index (χ0) is 23.5. The van der Waals surface area contributed by atoms with E-state index in [2.05, 4.69) is 19.9 Å². The van der Waals surface area contributed by atoms with Crippen molar-refractivity contribution in [2.24, 2.45) is 0 Å². The van der Waals surface area contributed by atoms with E-state index >= 15 is 0 Å². The molecule has 2 fully saturated rings. The minimum absolute atomic E-state index is 0.0797. The summed E-state index contributed by atoms with van der Waals surface area (Å²) >= 11 is 0. The van der Waals surface area contributed by atoms with Crippen LogP contribution in [0.4, 0.5) is 5.82 Å². The number of carbonyl (C=O) groups is 3. The van der Waals surface area contributed by atoms with E-state index in [1.54, 1.807) is 4.57 Å². The van der Waals surface area contributed by atoms with Crippen molar-refractivity contribution in [3.63, 3.8) is 0 Å². The van der Waals surface area contributed by atoms with Crippen LogP contribution in [0.15, 0.2) is 12.7 Å². The van der Waals surface area contributed by atoms with Crippen molar-refractivity contribution in [3.05, 3.63) is 12.7 Å². The van der Waals surface area contributed by atoms with E-state index in [1.807, 2.05) is 0 Å². The Bertz CT molecular complexity index is 1040. The Hall–Kier alpha value is -3.28. The van der Waals surface area contributed by atoms with Crippen molar-refractivity contribution in [3.8, 4) is 0 Å². The van der Waals surface area contributed by atoms with Crippen LogP contribution >= 0.6 is 0 Å². The van der Waals surface area contributed by atoms with Crippen LogP contribution in [0.2, 0.25) is 0 Å². The summed E-state index contributed by atoms with van der Waals surface area (Å²) in [5, 5.41) is 0. The number of imidazole rings is 1. The molecule has 0 aromatic carbocycles. The predicted octanol–water partition coefficient (Wildman–Crippen LogP) is 1.14. The van der Waals surface area contributed by atoms with Gasteiger partial charge in [-0.25, -0.2) is 15.0 Å². The topological polar surface area (TPSA) is 135 Å². The lowest BCUT2D eigenvalue weighted by atomic mass is 10.0. The number of anilines is 1. The molecule has 12 nitrogen and oxygen atoms in total. The zero-order valence-corrected chi connectivity index (χ0v) is 18.8. The van der Waals surface area contributed by atoms with E-state index in [1.165, 1.54) is 39.8 Å². The van der Waals surface area contributed by atoms with Crippen molar-refractivity contribution >= 4 is 34.9 Å². The molecule has 0 aliphatic carbocycles. The largest absolute Gasteiger partial charge is 0.456 e. The quantitative estimate of drug-likeness (QED) is 0.468. The number of hydrogen-bond donors (Lipinski definition) is 0. The monoisotopic (exact) mass is 461 g/mol. The van der Waals surface area contributed by atoms with Crippen LogP contribution in [0.3, 0.4) is 0 Å². The van der Waals surface area contributed by atoms with Crippen LogP contribution in [0.25, 0.3) is 11.2 Å². The maximum absolute atomic E-state index is 11.9. The van der Waals surface area contributed by atoms with Gasteiger partial charge >= 0.3 is 17.9 Å². The normalized spacial score (nSPS) is 25.5. The predicted molar refractivity (Wildman–Crippen MR) is 113 cm³/mol. The third-order valence-electron chi connectivity index (χ3n) is 5.59. The molecule has 0 radical (unpaired) electrons. The Morgan fingerprint density at radius 2 is 1.58 bits per heavy atom. The lowest BCUT2D eigenvalue weighted by Gasteiger charge is -2.40. The van der Waals surface area contributed by atoms with Crippen LogP contribution in [0.1, 0.15) is 46.3 Å². The lowest BCUT2D eigenvalue weighted by Crippen LogP contribution is -2.55. The molecule has 12 heteroatoms. The molecule has 0 N–H and O–H groups in total. The average Bonchev–Trinajstić information content (AvgIpc) is 3.20. The third kappa shape index (κ3) is 4.90. The molecule has 4 atom stereocenters. The first kappa shape index (κ1) is 22.9. The molecule has 0 amide bonds. The van der Waals surface area contributed by atoms with E-state index in [9.17, 15) is 14.4 Å². The summed E-state index contributed by atoms with van der Waals surface area (Å²) in [6.07, 6.45) is 2.29. The van der Waals surface area contributed by atoms with E-state index in [4.69, 9.17) is 18.9 Å². The Morgan fingerprint density at radius 3 is 2.24 bits per heavy atom. The van der Waals surface area contributed by atoms with E-state index < -0.39 is 42.4 Å². The van der Waals surface area contributed by atoms with Crippen LogP contribution < -0.4 is 4.90 Å². The van der Waals surface area contributed by atoms with Gasteiger partial charge in [0, 0.05) is 33.9 Å². The molecule has 178 valence electrons. The molecular formula is C21H27N5O7. The molecule has 0 bridgehead atoms. The maximum Gasteiger partial charge on any atom is 0.303 e. The highest BCUT2D eigenvalue weighted by Gasteiger charge is 2.48. The second-order valence-corrected chi connectivity index (χ2v) is 8.09. The summed E-state index contributed by atoms with van der Waals surface area (Å²) in [4.78, 5) is 50.8. The van der Waals surface area contributed by atoms with Crippen molar-refractivity contribution in [2.75, 3.05) is 24.6 Å². The van der Waals surface area contributed by atoms with Gasteiger partial charge in [0.05, 0.1) is 12.9 Å². The molecule has 2 aliphatic heterocycles. The minimum atomic E-state index is -1.10. The first-order valence-electron chi connectivity index (χ1n) is 10.9. The molecule has 2 saturated heterocycles. The van der Waals surface area contributed by atoms with Gasteiger partial charge in [0.15, 0.2) is 41.5 Å². The van der Waals surface area contributed by atoms with Gasteiger partial charge in [-0.1, -0.05) is 0 Å². The van der Waals surface area contributed by atoms with Crippen LogP contribution in [-0.4, -0.2) is 75.4 Å². The first-order chi connectivity index (χ1) is 15.8. The van der Waals surface area contributed by atoms with Gasteiger partial charge in [0.25, 0.3) is 0 Å². The highest BCUT2D eigenvalue weighted by Crippen LogP contribution is 2.34. The summed E-state index contributed by atoms with van der Waals surface area (Å²) in [5.41, 5.74) is 1.08. The molecule has 2 aromatic rings. The number of fused-ring (bicyclic) bond motifs is 1. The van der Waals surface area contributed by atoms with Crippen molar-refractivity contribution in [2.45, 2.75) is 64.6 Å². The van der Waals surface area contributed by atoms with Crippen molar-refractivity contribution in [1.29, 1.82) is 0 Å². The number of carbonyl (C=O) groups excluding carboxylic acids is 3. The molecule has 0 spiro atoms. The zero-order valence-electron chi connectivity index (χ0n) is 18.8. The fraction of sp³-hybridized carbons (Fsp3) is 0.619. The Morgan fingerprint density at radius 1 is 0.909 bits per heavy atom. The lowest BCUT2D eigenvalue weighted by molar-refractivity contribution is -0.239. The molecule has 4 heterocycles. The number of esters is 3. The van der Waals surface area contributed by atoms with Crippen molar-refractivity contribution < 1.29 is 33.3 Å². The van der Waals surface area contributed by atoms with Gasteiger partial charge < -0.3 is 23.8 Å². The molecule has 4 rings (SSSR count). The number of nitrogens with zero attached hydrogens (tertiary/aromatic N) is 5. The number of rotatable bonds is 5. The summed E-state index contributed by atoms with van der Waals surface area (Å²) < 4.78 is 23.8. The van der Waals surface area contributed by atoms with Gasteiger partial charge in [-0.15, -0.1) is 0 Å². The number of piperidine rings is 1. The fourth-order valence-corrected chi connectivity index (χ4v) is 4.32. The average molecular weight is 461 g/mol. The Labute approximate surface area is 190 Å². The molecule has 0 unspecified atom stereocenters. The molecule has 0 saturated carbocycles. The van der Waals surface area contributed by atoms with Crippen LogP contribution in [0, 0.1) is 0 Å². The minimum Gasteiger partial charge on any atom is -0.456 e. The summed E-state index contributed by atoms with van der Waals surface area (Å²) in [5.74, 6) is -1.07. The molecule has 2 aliphatic rings. The van der Waals surface area contributed by atoms with Crippen LogP contribution in [0.5, 0.6) is 0 Å². The molecular weight excluding hydrogens is 434 g/mol. The Balaban J connectivity index is 1.72. The summed E-state index contributed by atoms with van der Waals surface area (Å²) in [6.45, 7) is 5.38. The highest BCUT2D eigenvalue weighted by atomic mass is 16.6. The van der Waals surface area contributed by atoms with Gasteiger partial charge in [0.2, 0.25) is 0 Å². The van der Waals surface area contributed by atoms with Gasteiger partial charge in [-0.3, -0.25) is 19.0 Å². The van der Waals surface area contributed by atoms with Gasteiger partial charge in [0.1, 0.15) is 6.33 Å². The van der Waals surface area contributed by atoms with Crippen LogP contribution in [-0.2, 0) is 33.3 Å². The fourth-order valence-electron chi connectivity index (χ4n) is 4.32. The first-order valence-corrected chi connectivity index (χ1v) is 10.9. The number of aromatic nitrogens is 4. The number of hydrogen-bond acceptors (Lipinski definition) is 11. The second kappa shape index (κ2) is 9.69. The summed E-state index contributed by atoms with van der Waals surface area (Å²) in [7, 11) is 0. The van der Waals surface area contributed by atoms with Gasteiger partial charge in [-0.05, 0) is 19.3 Å². The van der Waals surface area contributed by atoms with E-state index in [0.29, 0.717) is 11.2 Å². The third-order valence-corrected chi connectivity index (χ3v) is 5.59. The number of ether oxygens (including phenoxy) is 4.